The number of hydrogen-bond donors (Lipinski definition) is 0. The molecule has 41 heavy (non-hydrogen) atoms. The van der Waals surface area contributed by atoms with Crippen molar-refractivity contribution in [3.63, 3.8) is 0 Å². The molecule has 4 heterocycles. The lowest BCUT2D eigenvalue weighted by molar-refractivity contribution is -0.133. The number of rotatable bonds is 8. The molecule has 3 aliphatic heterocycles. The fourth-order valence-corrected chi connectivity index (χ4v) is 7.37. The van der Waals surface area contributed by atoms with Gasteiger partial charge in [-0.15, -0.1) is 0 Å². The van der Waals surface area contributed by atoms with Crippen molar-refractivity contribution in [1.82, 2.24) is 9.88 Å². The molecule has 7 nitrogen and oxygen atoms in total. The first-order valence-electron chi connectivity index (χ1n) is 16.4. The van der Waals surface area contributed by atoms with E-state index in [9.17, 15) is 9.59 Å². The molecule has 1 aromatic heterocycles. The summed E-state index contributed by atoms with van der Waals surface area (Å²) in [6.45, 7) is 21.3. The number of ether oxygens (including phenoxy) is 1. The Kier molecular flexibility index (Phi) is 9.96. The van der Waals surface area contributed by atoms with Gasteiger partial charge in [0.05, 0.1) is 16.8 Å². The maximum atomic E-state index is 14.0. The van der Waals surface area contributed by atoms with Crippen molar-refractivity contribution in [3.05, 3.63) is 17.8 Å². The van der Waals surface area contributed by atoms with Gasteiger partial charge in [0.25, 0.3) is 0 Å². The van der Waals surface area contributed by atoms with Gasteiger partial charge >= 0.3 is 6.09 Å². The number of aromatic nitrogens is 1. The van der Waals surface area contributed by atoms with Crippen molar-refractivity contribution in [2.75, 3.05) is 42.5 Å². The first kappa shape index (κ1) is 31.6. The van der Waals surface area contributed by atoms with Gasteiger partial charge in [0.15, 0.2) is 0 Å². The number of nitrogens with zero attached hydrogens (tertiary/aromatic N) is 4. The zero-order valence-electron chi connectivity index (χ0n) is 27.2. The van der Waals surface area contributed by atoms with Crippen LogP contribution in [0.4, 0.5) is 16.3 Å². The Hall–Kier alpha value is -2.31. The standard InChI is InChI=1S/C34H56N4O3/c1-9-10-12-24(2)25(3)26(4)28-15-20-37(23-28)30-14-13-29(27(5)35-30)38-19-11-16-34(31(38)39)17-21-36(22-18-34)32(40)41-33(6,7)8/h13-14,24-26,28H,9-12,15-23H2,1-8H3. The molecule has 230 valence electrons. The molecule has 7 heteroatoms. The number of carbonyl (C=O) groups is 2. The highest BCUT2D eigenvalue weighted by atomic mass is 16.6. The molecule has 3 fully saturated rings. The molecule has 0 N–H and O–H groups in total. The number of aryl methyl sites for hydroxylation is 1. The van der Waals surface area contributed by atoms with Crippen LogP contribution in [-0.2, 0) is 9.53 Å². The number of carbonyl (C=O) groups excluding carboxylic acids is 2. The fraction of sp³-hybridized carbons (Fsp3) is 0.794. The van der Waals surface area contributed by atoms with Gasteiger partial charge in [-0.3, -0.25) is 4.79 Å². The molecule has 0 aromatic carbocycles. The van der Waals surface area contributed by atoms with Crippen molar-refractivity contribution >= 4 is 23.5 Å². The highest BCUT2D eigenvalue weighted by Gasteiger charge is 2.47. The second-order valence-corrected chi connectivity index (χ2v) is 14.4. The summed E-state index contributed by atoms with van der Waals surface area (Å²) in [7, 11) is 0. The van der Waals surface area contributed by atoms with Crippen molar-refractivity contribution in [2.45, 2.75) is 112 Å². The second kappa shape index (κ2) is 12.9. The molecule has 0 saturated carbocycles. The Balaban J connectivity index is 1.38. The van der Waals surface area contributed by atoms with E-state index in [2.05, 4.69) is 44.7 Å². The number of unbranched alkanes of at least 4 members (excludes halogenated alkanes) is 1. The molecule has 3 aliphatic rings. The van der Waals surface area contributed by atoms with Crippen LogP contribution in [0.15, 0.2) is 12.1 Å². The van der Waals surface area contributed by atoms with Gasteiger partial charge < -0.3 is 19.4 Å². The van der Waals surface area contributed by atoms with Crippen LogP contribution < -0.4 is 9.80 Å². The summed E-state index contributed by atoms with van der Waals surface area (Å²) in [5, 5.41) is 0. The number of amides is 2. The average Bonchev–Trinajstić information content (AvgIpc) is 3.42. The van der Waals surface area contributed by atoms with Crippen molar-refractivity contribution in [1.29, 1.82) is 0 Å². The van der Waals surface area contributed by atoms with Crippen molar-refractivity contribution < 1.29 is 14.3 Å². The molecule has 0 bridgehead atoms. The zero-order valence-corrected chi connectivity index (χ0v) is 27.2. The van der Waals surface area contributed by atoms with E-state index in [0.29, 0.717) is 37.8 Å². The zero-order chi connectivity index (χ0) is 29.9. The average molecular weight is 569 g/mol. The monoisotopic (exact) mass is 568 g/mol. The lowest BCUT2D eigenvalue weighted by Gasteiger charge is -2.46. The lowest BCUT2D eigenvalue weighted by atomic mass is 9.71. The number of piperidine rings is 2. The summed E-state index contributed by atoms with van der Waals surface area (Å²) in [5.74, 6) is 4.15. The number of pyridine rings is 1. The van der Waals surface area contributed by atoms with E-state index in [-0.39, 0.29) is 12.0 Å². The number of hydrogen-bond acceptors (Lipinski definition) is 5. The summed E-state index contributed by atoms with van der Waals surface area (Å²) < 4.78 is 5.57. The Bertz CT molecular complexity index is 1060. The van der Waals surface area contributed by atoms with Crippen LogP contribution in [0, 0.1) is 36.0 Å². The van der Waals surface area contributed by atoms with Gasteiger partial charge in [0.2, 0.25) is 5.91 Å². The minimum absolute atomic E-state index is 0.200. The van der Waals surface area contributed by atoms with Crippen molar-refractivity contribution in [2.24, 2.45) is 29.1 Å². The molecule has 1 spiro atoms. The predicted octanol–water partition coefficient (Wildman–Crippen LogP) is 7.46. The minimum Gasteiger partial charge on any atom is -0.444 e. The maximum Gasteiger partial charge on any atom is 0.410 e. The van der Waals surface area contributed by atoms with Crippen LogP contribution in [0.3, 0.4) is 0 Å². The smallest absolute Gasteiger partial charge is 0.410 e. The molecule has 0 aliphatic carbocycles. The van der Waals surface area contributed by atoms with Crippen LogP contribution in [0.1, 0.15) is 106 Å². The van der Waals surface area contributed by atoms with Crippen molar-refractivity contribution in [3.8, 4) is 0 Å². The Morgan fingerprint density at radius 2 is 1.80 bits per heavy atom. The summed E-state index contributed by atoms with van der Waals surface area (Å²) in [6.07, 6.45) is 8.13. The van der Waals surface area contributed by atoms with Gasteiger partial charge in [-0.2, -0.15) is 0 Å². The molecular formula is C34H56N4O3. The SMILES string of the molecule is CCCCC(C)C(C)C(C)C1CCN(c2ccc(N3CCCC4(CCN(C(=O)OC(C)(C)C)CC4)C3=O)c(C)n2)C1. The van der Waals surface area contributed by atoms with Gasteiger partial charge in [-0.25, -0.2) is 9.78 Å². The summed E-state index contributed by atoms with van der Waals surface area (Å²) in [6, 6.07) is 4.25. The van der Waals surface area contributed by atoms with Gasteiger partial charge in [0.1, 0.15) is 11.4 Å². The number of likely N-dealkylation sites (tertiary alicyclic amines) is 1. The van der Waals surface area contributed by atoms with Crippen LogP contribution >= 0.6 is 0 Å². The van der Waals surface area contributed by atoms with E-state index in [1.807, 2.05) is 32.6 Å². The van der Waals surface area contributed by atoms with Crippen LogP contribution in [0.25, 0.3) is 0 Å². The molecule has 4 rings (SSSR count). The van der Waals surface area contributed by atoms with E-state index in [1.54, 1.807) is 4.90 Å². The van der Waals surface area contributed by atoms with E-state index < -0.39 is 11.0 Å². The van der Waals surface area contributed by atoms with E-state index in [0.717, 1.165) is 61.5 Å². The summed E-state index contributed by atoms with van der Waals surface area (Å²) in [4.78, 5) is 37.8. The third-order valence-corrected chi connectivity index (χ3v) is 10.5. The van der Waals surface area contributed by atoms with Crippen LogP contribution in [-0.4, -0.2) is 60.2 Å². The summed E-state index contributed by atoms with van der Waals surface area (Å²) in [5.41, 5.74) is 0.956. The second-order valence-electron chi connectivity index (χ2n) is 14.4. The third kappa shape index (κ3) is 7.19. The normalized spacial score (nSPS) is 23.6. The predicted molar refractivity (Wildman–Crippen MR) is 167 cm³/mol. The highest BCUT2D eigenvalue weighted by Crippen LogP contribution is 2.43. The molecule has 4 atom stereocenters. The van der Waals surface area contributed by atoms with Gasteiger partial charge in [-0.1, -0.05) is 47.0 Å². The molecule has 3 saturated heterocycles. The van der Waals surface area contributed by atoms with Gasteiger partial charge in [-0.05, 0) is 95.6 Å². The summed E-state index contributed by atoms with van der Waals surface area (Å²) >= 11 is 0. The Labute approximate surface area is 249 Å². The molecule has 0 radical (unpaired) electrons. The molecule has 4 unspecified atom stereocenters. The first-order valence-corrected chi connectivity index (χ1v) is 16.4. The van der Waals surface area contributed by atoms with E-state index >= 15 is 0 Å². The minimum atomic E-state index is -0.514. The maximum absolute atomic E-state index is 14.0. The van der Waals surface area contributed by atoms with Gasteiger partial charge in [0, 0.05) is 32.7 Å². The molecular weight excluding hydrogens is 512 g/mol. The van der Waals surface area contributed by atoms with Crippen LogP contribution in [0.2, 0.25) is 0 Å². The largest absolute Gasteiger partial charge is 0.444 e. The molecule has 1 aromatic rings. The third-order valence-electron chi connectivity index (χ3n) is 10.5. The lowest BCUT2D eigenvalue weighted by Crippen LogP contribution is -2.55. The van der Waals surface area contributed by atoms with E-state index in [4.69, 9.17) is 9.72 Å². The quantitative estimate of drug-likeness (QED) is 0.326. The highest BCUT2D eigenvalue weighted by molar-refractivity contribution is 5.99. The first-order chi connectivity index (χ1) is 19.3. The topological polar surface area (TPSA) is 66.0 Å². The Morgan fingerprint density at radius 1 is 1.10 bits per heavy atom. The van der Waals surface area contributed by atoms with E-state index in [1.165, 1.54) is 25.7 Å². The van der Waals surface area contributed by atoms with Crippen LogP contribution in [0.5, 0.6) is 0 Å². The number of anilines is 2. The fourth-order valence-electron chi connectivity index (χ4n) is 7.37. The molecule has 2 amide bonds. The Morgan fingerprint density at radius 3 is 2.44 bits per heavy atom.